The van der Waals surface area contributed by atoms with Crippen molar-refractivity contribution in [1.82, 2.24) is 5.32 Å². The van der Waals surface area contributed by atoms with Gasteiger partial charge in [-0.2, -0.15) is 0 Å². The second-order valence-corrected chi connectivity index (χ2v) is 4.18. The van der Waals surface area contributed by atoms with Crippen LogP contribution in [0.2, 0.25) is 0 Å². The highest BCUT2D eigenvalue weighted by molar-refractivity contribution is 5.79. The normalized spacial score (nSPS) is 15.3. The van der Waals surface area contributed by atoms with E-state index < -0.39 is 29.8 Å². The van der Waals surface area contributed by atoms with Crippen molar-refractivity contribution in [3.63, 3.8) is 0 Å². The predicted octanol–water partition coefficient (Wildman–Crippen LogP) is -0.990. The Kier molecular flexibility index (Phi) is 4.54. The Balaban J connectivity index is 4.31. The lowest BCUT2D eigenvalue weighted by atomic mass is 10.2. The van der Waals surface area contributed by atoms with E-state index in [1.165, 1.54) is 6.92 Å². The number of carbonyl (C=O) groups excluding carboxylic acids is 2. The van der Waals surface area contributed by atoms with Crippen molar-refractivity contribution in [3.05, 3.63) is 0 Å². The number of nitrogens with one attached hydrogen (secondary N) is 1. The first-order valence-electron chi connectivity index (χ1n) is 4.52. The van der Waals surface area contributed by atoms with Gasteiger partial charge in [0.2, 0.25) is 0 Å². The number of hydrogen-bond acceptors (Lipinski definition) is 5. The maximum atomic E-state index is 11.1. The maximum absolute atomic E-state index is 11.1. The standard InChI is InChI=1S/C9H17NO5/c1-5(11)6(7(12)13)10-8(14)15-9(2,3)4/h5-6,11H,1-4H3,(H,10,14)(H,12,13)/p-1/t5-,6+/m1/s1. The maximum Gasteiger partial charge on any atom is 0.408 e. The molecule has 6 heteroatoms. The molecular formula is C9H16NO5-. The van der Waals surface area contributed by atoms with E-state index in [9.17, 15) is 14.7 Å². The molecule has 0 spiro atoms. The zero-order chi connectivity index (χ0) is 12.2. The summed E-state index contributed by atoms with van der Waals surface area (Å²) < 4.78 is 4.82. The number of carbonyl (C=O) groups is 2. The third-order valence-electron chi connectivity index (χ3n) is 1.41. The van der Waals surface area contributed by atoms with Crippen molar-refractivity contribution in [1.29, 1.82) is 0 Å². The summed E-state index contributed by atoms with van der Waals surface area (Å²) in [6, 6.07) is -1.47. The van der Waals surface area contributed by atoms with E-state index in [0.29, 0.717) is 0 Å². The van der Waals surface area contributed by atoms with Gasteiger partial charge in [-0.3, -0.25) is 0 Å². The number of carboxylic acids is 1. The molecule has 2 atom stereocenters. The smallest absolute Gasteiger partial charge is 0.408 e. The van der Waals surface area contributed by atoms with Gasteiger partial charge in [0.05, 0.1) is 18.1 Å². The molecule has 0 heterocycles. The summed E-state index contributed by atoms with van der Waals surface area (Å²) in [6.07, 6.45) is -2.15. The summed E-state index contributed by atoms with van der Waals surface area (Å²) in [5.74, 6) is -1.56. The molecule has 0 unspecified atom stereocenters. The molecule has 0 aromatic rings. The Morgan fingerprint density at radius 2 is 1.87 bits per heavy atom. The third kappa shape index (κ3) is 5.90. The largest absolute Gasteiger partial charge is 0.548 e. The Bertz CT molecular complexity index is 243. The highest BCUT2D eigenvalue weighted by atomic mass is 16.6. The Labute approximate surface area is 88.2 Å². The molecule has 0 radical (unpaired) electrons. The van der Waals surface area contributed by atoms with Crippen LogP contribution in [0.25, 0.3) is 0 Å². The Morgan fingerprint density at radius 3 is 2.13 bits per heavy atom. The molecule has 0 aliphatic rings. The molecule has 0 aliphatic carbocycles. The van der Waals surface area contributed by atoms with Crippen molar-refractivity contribution >= 4 is 12.1 Å². The van der Waals surface area contributed by atoms with E-state index in [-0.39, 0.29) is 0 Å². The van der Waals surface area contributed by atoms with Crippen molar-refractivity contribution in [2.24, 2.45) is 0 Å². The van der Waals surface area contributed by atoms with Crippen LogP contribution in [0.15, 0.2) is 0 Å². The van der Waals surface area contributed by atoms with Crippen molar-refractivity contribution in [2.75, 3.05) is 0 Å². The molecule has 0 rings (SSSR count). The van der Waals surface area contributed by atoms with E-state index in [2.05, 4.69) is 0 Å². The van der Waals surface area contributed by atoms with Crippen LogP contribution < -0.4 is 10.4 Å². The minimum absolute atomic E-state index is 0.723. The monoisotopic (exact) mass is 218 g/mol. The topological polar surface area (TPSA) is 98.7 Å². The SMILES string of the molecule is C[C@@H](O)[C@H](NC(=O)OC(C)(C)C)C(=O)[O-]. The molecule has 88 valence electrons. The summed E-state index contributed by atoms with van der Waals surface area (Å²) in [5, 5.41) is 21.5. The molecule has 0 aliphatic heterocycles. The molecule has 0 saturated carbocycles. The number of hydrogen-bond donors (Lipinski definition) is 2. The predicted molar refractivity (Wildman–Crippen MR) is 49.8 cm³/mol. The van der Waals surface area contributed by atoms with Gasteiger partial charge >= 0.3 is 6.09 Å². The van der Waals surface area contributed by atoms with Gasteiger partial charge in [0.25, 0.3) is 0 Å². The molecule has 0 bridgehead atoms. The second kappa shape index (κ2) is 4.97. The highest BCUT2D eigenvalue weighted by Crippen LogP contribution is 2.07. The van der Waals surface area contributed by atoms with Crippen molar-refractivity contribution in [3.8, 4) is 0 Å². The van der Waals surface area contributed by atoms with Crippen molar-refractivity contribution in [2.45, 2.75) is 45.4 Å². The Hall–Kier alpha value is -1.30. The first kappa shape index (κ1) is 13.7. The minimum Gasteiger partial charge on any atom is -0.548 e. The molecule has 0 aromatic heterocycles. The summed E-state index contributed by atoms with van der Waals surface area (Å²) in [4.78, 5) is 21.6. The van der Waals surface area contributed by atoms with Gasteiger partial charge in [0.15, 0.2) is 0 Å². The van der Waals surface area contributed by atoms with Gasteiger partial charge in [0, 0.05) is 0 Å². The van der Waals surface area contributed by atoms with Crippen LogP contribution >= 0.6 is 0 Å². The van der Waals surface area contributed by atoms with Crippen LogP contribution in [0, 0.1) is 0 Å². The third-order valence-corrected chi connectivity index (χ3v) is 1.41. The number of aliphatic hydroxyl groups is 1. The fourth-order valence-corrected chi connectivity index (χ4v) is 0.811. The van der Waals surface area contributed by atoms with Gasteiger partial charge in [-0.05, 0) is 27.7 Å². The molecular weight excluding hydrogens is 202 g/mol. The van der Waals surface area contributed by atoms with Gasteiger partial charge < -0.3 is 25.1 Å². The van der Waals surface area contributed by atoms with Gasteiger partial charge in [0.1, 0.15) is 5.60 Å². The average Bonchev–Trinajstić information content (AvgIpc) is 1.95. The number of alkyl carbamates (subject to hydrolysis) is 1. The summed E-state index contributed by atoms with van der Waals surface area (Å²) in [6.45, 7) is 6.16. The molecule has 0 fully saturated rings. The molecule has 1 amide bonds. The van der Waals surface area contributed by atoms with E-state index in [4.69, 9.17) is 9.84 Å². The van der Waals surface area contributed by atoms with E-state index >= 15 is 0 Å². The lowest BCUT2D eigenvalue weighted by molar-refractivity contribution is -0.310. The fraction of sp³-hybridized carbons (Fsp3) is 0.778. The average molecular weight is 218 g/mol. The number of rotatable bonds is 3. The molecule has 15 heavy (non-hydrogen) atoms. The summed E-state index contributed by atoms with van der Waals surface area (Å²) in [7, 11) is 0. The quantitative estimate of drug-likeness (QED) is 0.633. The van der Waals surface area contributed by atoms with Crippen LogP contribution in [0.1, 0.15) is 27.7 Å². The van der Waals surface area contributed by atoms with Crippen LogP contribution in [0.4, 0.5) is 4.79 Å². The van der Waals surface area contributed by atoms with Crippen LogP contribution in [0.5, 0.6) is 0 Å². The molecule has 6 nitrogen and oxygen atoms in total. The zero-order valence-corrected chi connectivity index (χ0v) is 9.23. The number of aliphatic hydroxyl groups excluding tert-OH is 1. The highest BCUT2D eigenvalue weighted by Gasteiger charge is 2.22. The number of carboxylic acid groups (broad SMARTS) is 1. The number of amides is 1. The van der Waals surface area contributed by atoms with Gasteiger partial charge in [-0.25, -0.2) is 4.79 Å². The lowest BCUT2D eigenvalue weighted by Gasteiger charge is -2.25. The lowest BCUT2D eigenvalue weighted by Crippen LogP contribution is -2.54. The van der Waals surface area contributed by atoms with Crippen molar-refractivity contribution < 1.29 is 24.5 Å². The van der Waals surface area contributed by atoms with Crippen LogP contribution in [0.3, 0.4) is 0 Å². The Morgan fingerprint density at radius 1 is 1.40 bits per heavy atom. The molecule has 0 aromatic carbocycles. The fourth-order valence-electron chi connectivity index (χ4n) is 0.811. The zero-order valence-electron chi connectivity index (χ0n) is 9.23. The van der Waals surface area contributed by atoms with Gasteiger partial charge in [-0.15, -0.1) is 0 Å². The minimum atomic E-state index is -1.56. The van der Waals surface area contributed by atoms with Crippen LogP contribution in [-0.2, 0) is 9.53 Å². The molecule has 2 N–H and O–H groups in total. The first-order chi connectivity index (χ1) is 6.63. The van der Waals surface area contributed by atoms with E-state index in [1.807, 2.05) is 5.32 Å². The van der Waals surface area contributed by atoms with E-state index in [0.717, 1.165) is 0 Å². The molecule has 0 saturated heterocycles. The number of ether oxygens (including phenoxy) is 1. The van der Waals surface area contributed by atoms with Crippen LogP contribution in [-0.4, -0.2) is 34.9 Å². The number of aliphatic carboxylic acids is 1. The summed E-state index contributed by atoms with van der Waals surface area (Å²) in [5.41, 5.74) is -0.723. The summed E-state index contributed by atoms with van der Waals surface area (Å²) >= 11 is 0. The van der Waals surface area contributed by atoms with E-state index in [1.54, 1.807) is 20.8 Å². The van der Waals surface area contributed by atoms with Gasteiger partial charge in [-0.1, -0.05) is 0 Å². The second-order valence-electron chi connectivity index (χ2n) is 4.18. The first-order valence-corrected chi connectivity index (χ1v) is 4.52.